The monoisotopic (exact) mass is 387 g/mol. The number of benzene rings is 2. The number of nitriles is 2. The molecule has 0 saturated carbocycles. The molecule has 1 aliphatic heterocycles. The van der Waals surface area contributed by atoms with Crippen LogP contribution in [0.2, 0.25) is 0 Å². The van der Waals surface area contributed by atoms with E-state index in [0.29, 0.717) is 30.0 Å². The van der Waals surface area contributed by atoms with E-state index in [-0.39, 0.29) is 11.7 Å². The van der Waals surface area contributed by atoms with Crippen molar-refractivity contribution < 1.29 is 14.3 Å². The van der Waals surface area contributed by atoms with E-state index in [1.807, 2.05) is 24.3 Å². The maximum absolute atomic E-state index is 12.3. The first-order chi connectivity index (χ1) is 14.2. The van der Waals surface area contributed by atoms with Gasteiger partial charge in [-0.3, -0.25) is 4.79 Å². The van der Waals surface area contributed by atoms with Crippen LogP contribution in [0, 0.1) is 22.7 Å². The normalized spacial score (nSPS) is 15.9. The summed E-state index contributed by atoms with van der Waals surface area (Å²) >= 11 is 0. The smallest absolute Gasteiger partial charge is 0.262 e. The topological polar surface area (TPSA) is 95.1 Å². The summed E-state index contributed by atoms with van der Waals surface area (Å²) in [5, 5.41) is 20.9. The minimum absolute atomic E-state index is 0.0258. The molecular weight excluding hydrogens is 366 g/mol. The number of nitrogens with zero attached hydrogens (tertiary/aromatic N) is 2. The maximum Gasteiger partial charge on any atom is 0.262 e. The van der Waals surface area contributed by atoms with Crippen LogP contribution >= 0.6 is 0 Å². The van der Waals surface area contributed by atoms with Crippen molar-refractivity contribution in [3.05, 3.63) is 70.8 Å². The predicted octanol–water partition coefficient (Wildman–Crippen LogP) is 3.34. The summed E-state index contributed by atoms with van der Waals surface area (Å²) < 4.78 is 11.3. The van der Waals surface area contributed by atoms with Gasteiger partial charge in [-0.1, -0.05) is 24.3 Å². The minimum atomic E-state index is -0.410. The van der Waals surface area contributed by atoms with Gasteiger partial charge in [-0.15, -0.1) is 0 Å². The number of hydrogen-bond donors (Lipinski definition) is 1. The van der Waals surface area contributed by atoms with Crippen LogP contribution in [0.15, 0.2) is 54.1 Å². The molecule has 6 nitrogen and oxygen atoms in total. The summed E-state index contributed by atoms with van der Waals surface area (Å²) in [4.78, 5) is 12.3. The Bertz CT molecular complexity index is 962. The fourth-order valence-electron chi connectivity index (χ4n) is 2.96. The van der Waals surface area contributed by atoms with Crippen molar-refractivity contribution in [1.29, 1.82) is 10.5 Å². The maximum atomic E-state index is 12.3. The van der Waals surface area contributed by atoms with E-state index < -0.39 is 5.91 Å². The summed E-state index contributed by atoms with van der Waals surface area (Å²) in [5.74, 6) is 0.215. The molecule has 0 radical (unpaired) electrons. The third-order valence-electron chi connectivity index (χ3n) is 4.54. The summed E-state index contributed by atoms with van der Waals surface area (Å²) in [5.41, 5.74) is 2.28. The second-order valence-corrected chi connectivity index (χ2v) is 6.68. The lowest BCUT2D eigenvalue weighted by molar-refractivity contribution is -0.117. The molecule has 3 rings (SSSR count). The molecule has 6 heteroatoms. The molecule has 1 atom stereocenters. The Morgan fingerprint density at radius 3 is 2.76 bits per heavy atom. The van der Waals surface area contributed by atoms with Gasteiger partial charge >= 0.3 is 0 Å². The van der Waals surface area contributed by atoms with Crippen LogP contribution in [0.5, 0.6) is 5.75 Å². The van der Waals surface area contributed by atoms with Crippen molar-refractivity contribution >= 4 is 12.0 Å². The molecule has 1 heterocycles. The molecule has 0 aliphatic carbocycles. The average Bonchev–Trinajstić information content (AvgIpc) is 3.29. The van der Waals surface area contributed by atoms with E-state index in [9.17, 15) is 10.1 Å². The van der Waals surface area contributed by atoms with Gasteiger partial charge in [0.25, 0.3) is 5.91 Å². The number of carbonyl (C=O) groups is 1. The van der Waals surface area contributed by atoms with Crippen molar-refractivity contribution in [2.75, 3.05) is 13.2 Å². The van der Waals surface area contributed by atoms with E-state index in [4.69, 9.17) is 14.7 Å². The second-order valence-electron chi connectivity index (χ2n) is 6.68. The molecule has 1 fully saturated rings. The molecular formula is C23H21N3O3. The lowest BCUT2D eigenvalue weighted by Crippen LogP contribution is -2.32. The molecule has 146 valence electrons. The van der Waals surface area contributed by atoms with Crippen molar-refractivity contribution in [1.82, 2.24) is 5.32 Å². The Morgan fingerprint density at radius 1 is 1.24 bits per heavy atom. The lowest BCUT2D eigenvalue weighted by atomic mass is 10.1. The zero-order valence-electron chi connectivity index (χ0n) is 15.9. The zero-order valence-corrected chi connectivity index (χ0v) is 15.9. The number of rotatable bonds is 7. The van der Waals surface area contributed by atoms with Gasteiger partial charge < -0.3 is 14.8 Å². The van der Waals surface area contributed by atoms with Gasteiger partial charge in [0.1, 0.15) is 24.0 Å². The van der Waals surface area contributed by atoms with Crippen LogP contribution in [0.3, 0.4) is 0 Å². The van der Waals surface area contributed by atoms with Gasteiger partial charge in [0.2, 0.25) is 0 Å². The molecule has 29 heavy (non-hydrogen) atoms. The van der Waals surface area contributed by atoms with Gasteiger partial charge in [0.15, 0.2) is 0 Å². The highest BCUT2D eigenvalue weighted by molar-refractivity contribution is 6.01. The summed E-state index contributed by atoms with van der Waals surface area (Å²) in [7, 11) is 0. The SMILES string of the molecule is N#C/C(=C\c1cccc(OCc2ccc(C#N)cc2)c1)C(=O)NC[C@H]1CCCO1. The Labute approximate surface area is 170 Å². The molecule has 0 aromatic heterocycles. The molecule has 1 N–H and O–H groups in total. The summed E-state index contributed by atoms with van der Waals surface area (Å²) in [6, 6.07) is 18.4. The third-order valence-corrected chi connectivity index (χ3v) is 4.54. The molecule has 0 bridgehead atoms. The van der Waals surface area contributed by atoms with E-state index in [0.717, 1.165) is 25.0 Å². The first-order valence-electron chi connectivity index (χ1n) is 9.41. The molecule has 1 aliphatic rings. The Kier molecular flexibility index (Phi) is 7.00. The van der Waals surface area contributed by atoms with E-state index >= 15 is 0 Å². The van der Waals surface area contributed by atoms with Crippen LogP contribution in [-0.2, 0) is 16.1 Å². The highest BCUT2D eigenvalue weighted by Crippen LogP contribution is 2.18. The van der Waals surface area contributed by atoms with Crippen LogP contribution in [-0.4, -0.2) is 25.2 Å². The Balaban J connectivity index is 1.61. The van der Waals surface area contributed by atoms with Crippen LogP contribution in [0.1, 0.15) is 29.5 Å². The minimum Gasteiger partial charge on any atom is -0.489 e. The molecule has 0 unspecified atom stereocenters. The zero-order chi connectivity index (χ0) is 20.5. The number of ether oxygens (including phenoxy) is 2. The molecule has 2 aromatic rings. The van der Waals surface area contributed by atoms with Crippen LogP contribution in [0.25, 0.3) is 6.08 Å². The summed E-state index contributed by atoms with van der Waals surface area (Å²) in [6.07, 6.45) is 3.48. The Morgan fingerprint density at radius 2 is 2.07 bits per heavy atom. The first kappa shape index (κ1) is 20.1. The highest BCUT2D eigenvalue weighted by atomic mass is 16.5. The van der Waals surface area contributed by atoms with Crippen LogP contribution < -0.4 is 10.1 Å². The average molecular weight is 387 g/mol. The van der Waals surface area contributed by atoms with Crippen LogP contribution in [0.4, 0.5) is 0 Å². The van der Waals surface area contributed by atoms with Crippen molar-refractivity contribution in [3.8, 4) is 17.9 Å². The molecule has 1 amide bonds. The number of hydrogen-bond acceptors (Lipinski definition) is 5. The highest BCUT2D eigenvalue weighted by Gasteiger charge is 2.17. The van der Waals surface area contributed by atoms with Crippen molar-refractivity contribution in [3.63, 3.8) is 0 Å². The van der Waals surface area contributed by atoms with Gasteiger partial charge in [0.05, 0.1) is 17.7 Å². The van der Waals surface area contributed by atoms with E-state index in [2.05, 4.69) is 11.4 Å². The van der Waals surface area contributed by atoms with Crippen molar-refractivity contribution in [2.45, 2.75) is 25.6 Å². The standard InChI is InChI=1S/C23H21N3O3/c24-13-17-6-8-18(9-7-17)16-29-21-4-1-3-19(12-21)11-20(14-25)23(27)26-15-22-5-2-10-28-22/h1,3-4,6-9,11-12,22H,2,5,10,15-16H2,(H,26,27)/b20-11+/t22-/m1/s1. The largest absolute Gasteiger partial charge is 0.489 e. The molecule has 0 spiro atoms. The van der Waals surface area contributed by atoms with Gasteiger partial charge in [-0.05, 0) is 54.3 Å². The predicted molar refractivity (Wildman–Crippen MR) is 108 cm³/mol. The summed E-state index contributed by atoms with van der Waals surface area (Å²) in [6.45, 7) is 1.48. The fraction of sp³-hybridized carbons (Fsp3) is 0.261. The number of amides is 1. The van der Waals surface area contributed by atoms with Gasteiger partial charge in [-0.2, -0.15) is 10.5 Å². The fourth-order valence-corrected chi connectivity index (χ4v) is 2.96. The Hall–Kier alpha value is -3.61. The first-order valence-corrected chi connectivity index (χ1v) is 9.41. The third kappa shape index (κ3) is 5.93. The van der Waals surface area contributed by atoms with E-state index in [1.165, 1.54) is 0 Å². The molecule has 2 aromatic carbocycles. The lowest BCUT2D eigenvalue weighted by Gasteiger charge is -2.10. The number of nitrogens with one attached hydrogen (secondary N) is 1. The molecule has 1 saturated heterocycles. The van der Waals surface area contributed by atoms with Gasteiger partial charge in [-0.25, -0.2) is 0 Å². The van der Waals surface area contributed by atoms with Crippen molar-refractivity contribution in [2.24, 2.45) is 0 Å². The van der Waals surface area contributed by atoms with Gasteiger partial charge in [0, 0.05) is 13.2 Å². The second kappa shape index (κ2) is 10.1. The quantitative estimate of drug-likeness (QED) is 0.581. The number of carbonyl (C=O) groups excluding carboxylic acids is 1. The van der Waals surface area contributed by atoms with E-state index in [1.54, 1.807) is 36.4 Å².